The molecule has 0 saturated heterocycles. The van der Waals surface area contributed by atoms with E-state index in [4.69, 9.17) is 9.88 Å². The maximum absolute atomic E-state index is 14.1. The highest BCUT2D eigenvalue weighted by Crippen LogP contribution is 2.43. The second-order valence-electron chi connectivity index (χ2n) is 7.12. The number of benzene rings is 3. The van der Waals surface area contributed by atoms with Crippen LogP contribution in [0.5, 0.6) is 5.75 Å². The van der Waals surface area contributed by atoms with E-state index in [9.17, 15) is 21.6 Å². The van der Waals surface area contributed by atoms with Crippen molar-refractivity contribution in [1.29, 1.82) is 0 Å². The monoisotopic (exact) mass is 473 g/mol. The van der Waals surface area contributed by atoms with Crippen LogP contribution in [0.2, 0.25) is 0 Å². The molecule has 4 aromatic rings. The molecule has 0 saturated carbocycles. The summed E-state index contributed by atoms with van der Waals surface area (Å²) in [5.41, 5.74) is -0.0128. The second kappa shape index (κ2) is 8.38. The van der Waals surface area contributed by atoms with Gasteiger partial charge in [-0.25, -0.2) is 18.2 Å². The molecule has 0 bridgehead atoms. The molecule has 0 atom stereocenters. The summed E-state index contributed by atoms with van der Waals surface area (Å²) in [6.45, 7) is 0. The Hall–Kier alpha value is -3.63. The van der Waals surface area contributed by atoms with Crippen LogP contribution in [0.15, 0.2) is 83.8 Å². The van der Waals surface area contributed by atoms with Crippen LogP contribution in [0.1, 0.15) is 5.69 Å². The molecule has 0 spiro atoms. The molecule has 10 heteroatoms. The molecule has 4 rings (SSSR count). The maximum atomic E-state index is 14.1. The molecule has 0 aliphatic carbocycles. The number of hydrogen-bond donors (Lipinski definition) is 1. The van der Waals surface area contributed by atoms with E-state index in [1.807, 2.05) is 0 Å². The third kappa shape index (κ3) is 4.48. The summed E-state index contributed by atoms with van der Waals surface area (Å²) in [6.07, 6.45) is -4.74. The molecule has 0 aliphatic rings. The fourth-order valence-electron chi connectivity index (χ4n) is 3.47. The number of methoxy groups -OCH3 is 1. The van der Waals surface area contributed by atoms with Gasteiger partial charge in [0, 0.05) is 11.1 Å². The molecule has 0 aliphatic heterocycles. The lowest BCUT2D eigenvalue weighted by atomic mass is 9.98. The topological polar surface area (TPSA) is 87.2 Å². The van der Waals surface area contributed by atoms with Crippen LogP contribution in [0.3, 0.4) is 0 Å². The number of primary sulfonamides is 1. The minimum absolute atomic E-state index is 0.123. The van der Waals surface area contributed by atoms with E-state index in [1.54, 1.807) is 54.6 Å². The first-order valence-electron chi connectivity index (χ1n) is 9.63. The van der Waals surface area contributed by atoms with Gasteiger partial charge in [-0.3, -0.25) is 0 Å². The minimum atomic E-state index is -4.74. The highest BCUT2D eigenvalue weighted by molar-refractivity contribution is 7.89. The number of sulfonamides is 1. The zero-order valence-corrected chi connectivity index (χ0v) is 18.1. The number of hydrogen-bond acceptors (Lipinski definition) is 4. The summed E-state index contributed by atoms with van der Waals surface area (Å²) in [4.78, 5) is -0.154. The van der Waals surface area contributed by atoms with Crippen molar-refractivity contribution in [3.63, 3.8) is 0 Å². The molecule has 6 nitrogen and oxygen atoms in total. The molecule has 3 aromatic carbocycles. The van der Waals surface area contributed by atoms with Crippen molar-refractivity contribution >= 4 is 10.0 Å². The minimum Gasteiger partial charge on any atom is -0.497 e. The summed E-state index contributed by atoms with van der Waals surface area (Å²) < 4.78 is 72.0. The van der Waals surface area contributed by atoms with E-state index in [1.165, 1.54) is 36.1 Å². The first-order chi connectivity index (χ1) is 15.6. The van der Waals surface area contributed by atoms with Crippen molar-refractivity contribution in [2.75, 3.05) is 7.11 Å². The van der Waals surface area contributed by atoms with E-state index in [2.05, 4.69) is 5.10 Å². The Bertz CT molecular complexity index is 1380. The van der Waals surface area contributed by atoms with Crippen molar-refractivity contribution in [3.8, 4) is 33.8 Å². The predicted octanol–water partition coefficient (Wildman–Crippen LogP) is 4.88. The largest absolute Gasteiger partial charge is 0.497 e. The van der Waals surface area contributed by atoms with Crippen LogP contribution in [-0.4, -0.2) is 25.3 Å². The Morgan fingerprint density at radius 3 is 2.00 bits per heavy atom. The van der Waals surface area contributed by atoms with Gasteiger partial charge in [-0.2, -0.15) is 18.3 Å². The third-order valence-electron chi connectivity index (χ3n) is 4.99. The van der Waals surface area contributed by atoms with Gasteiger partial charge in [0.2, 0.25) is 10.0 Å². The average molecular weight is 473 g/mol. The lowest BCUT2D eigenvalue weighted by Gasteiger charge is -2.12. The summed E-state index contributed by atoms with van der Waals surface area (Å²) >= 11 is 0. The van der Waals surface area contributed by atoms with E-state index in [0.29, 0.717) is 22.6 Å². The van der Waals surface area contributed by atoms with Crippen LogP contribution in [0.4, 0.5) is 13.2 Å². The van der Waals surface area contributed by atoms with Crippen LogP contribution in [0, 0.1) is 0 Å². The molecule has 2 N–H and O–H groups in total. The number of nitrogens with zero attached hydrogens (tertiary/aromatic N) is 2. The van der Waals surface area contributed by atoms with Gasteiger partial charge in [0.25, 0.3) is 0 Å². The van der Waals surface area contributed by atoms with E-state index < -0.39 is 21.9 Å². The van der Waals surface area contributed by atoms with Gasteiger partial charge in [-0.1, -0.05) is 42.5 Å². The van der Waals surface area contributed by atoms with Gasteiger partial charge >= 0.3 is 6.18 Å². The molecule has 33 heavy (non-hydrogen) atoms. The van der Waals surface area contributed by atoms with Gasteiger partial charge in [0.05, 0.1) is 23.4 Å². The Labute approximate surface area is 188 Å². The quantitative estimate of drug-likeness (QED) is 0.448. The smallest absolute Gasteiger partial charge is 0.435 e. The summed E-state index contributed by atoms with van der Waals surface area (Å²) in [7, 11) is -2.49. The molecule has 0 fully saturated rings. The van der Waals surface area contributed by atoms with E-state index in [0.717, 1.165) is 0 Å². The molecular weight excluding hydrogens is 455 g/mol. The fourth-order valence-corrected chi connectivity index (χ4v) is 3.99. The van der Waals surface area contributed by atoms with Crippen molar-refractivity contribution in [2.24, 2.45) is 5.14 Å². The van der Waals surface area contributed by atoms with Crippen molar-refractivity contribution in [2.45, 2.75) is 11.1 Å². The highest BCUT2D eigenvalue weighted by atomic mass is 32.2. The number of ether oxygens (including phenoxy) is 1. The molecular formula is C23H18F3N3O3S. The summed E-state index contributed by atoms with van der Waals surface area (Å²) in [5, 5.41) is 9.11. The normalized spacial score (nSPS) is 12.0. The van der Waals surface area contributed by atoms with E-state index >= 15 is 0 Å². The van der Waals surface area contributed by atoms with Crippen LogP contribution >= 0.6 is 0 Å². The molecule has 170 valence electrons. The van der Waals surface area contributed by atoms with Crippen molar-refractivity contribution < 1.29 is 26.3 Å². The first-order valence-corrected chi connectivity index (χ1v) is 11.2. The van der Waals surface area contributed by atoms with E-state index in [-0.39, 0.29) is 16.2 Å². The van der Waals surface area contributed by atoms with Crippen LogP contribution in [-0.2, 0) is 16.2 Å². The number of nitrogens with two attached hydrogens (primary N) is 1. The number of halogens is 3. The fraction of sp³-hybridized carbons (Fsp3) is 0.0870. The molecule has 0 unspecified atom stereocenters. The SMILES string of the molecule is COc1ccc(-n2nc(C(F)(F)F)c(-c3ccccc3)c2-c2ccc(S(N)(=O)=O)cc2)cc1. The Balaban J connectivity index is 2.05. The molecule has 1 heterocycles. The molecule has 1 aromatic heterocycles. The number of alkyl halides is 3. The summed E-state index contributed by atoms with van der Waals surface area (Å²) in [6, 6.07) is 19.8. The Morgan fingerprint density at radius 1 is 0.879 bits per heavy atom. The van der Waals surface area contributed by atoms with Crippen molar-refractivity contribution in [1.82, 2.24) is 9.78 Å². The lowest BCUT2D eigenvalue weighted by Crippen LogP contribution is -2.11. The summed E-state index contributed by atoms with van der Waals surface area (Å²) in [5.74, 6) is 0.532. The lowest BCUT2D eigenvalue weighted by molar-refractivity contribution is -0.140. The number of aromatic nitrogens is 2. The van der Waals surface area contributed by atoms with Gasteiger partial charge in [-0.05, 0) is 42.0 Å². The maximum Gasteiger partial charge on any atom is 0.435 e. The standard InChI is InChI=1S/C23H18F3N3O3S/c1-32-18-11-9-17(10-12-18)29-21(16-7-13-19(14-8-16)33(27,30)31)20(15-5-3-2-4-6-15)22(28-29)23(24,25)26/h2-14H,1H3,(H2,27,30,31). The number of rotatable bonds is 5. The zero-order chi connectivity index (χ0) is 23.8. The third-order valence-corrected chi connectivity index (χ3v) is 5.92. The van der Waals surface area contributed by atoms with Gasteiger partial charge in [-0.15, -0.1) is 0 Å². The van der Waals surface area contributed by atoms with Crippen LogP contribution < -0.4 is 9.88 Å². The Kier molecular flexibility index (Phi) is 5.73. The highest BCUT2D eigenvalue weighted by Gasteiger charge is 2.40. The van der Waals surface area contributed by atoms with Crippen molar-refractivity contribution in [3.05, 3.63) is 84.6 Å². The predicted molar refractivity (Wildman–Crippen MR) is 117 cm³/mol. The van der Waals surface area contributed by atoms with Gasteiger partial charge in [0.1, 0.15) is 5.75 Å². The zero-order valence-electron chi connectivity index (χ0n) is 17.2. The first kappa shape index (κ1) is 22.6. The molecule has 0 amide bonds. The second-order valence-corrected chi connectivity index (χ2v) is 8.68. The van der Waals surface area contributed by atoms with Gasteiger partial charge < -0.3 is 4.74 Å². The Morgan fingerprint density at radius 2 is 1.48 bits per heavy atom. The van der Waals surface area contributed by atoms with Crippen LogP contribution in [0.25, 0.3) is 28.1 Å². The van der Waals surface area contributed by atoms with Gasteiger partial charge in [0.15, 0.2) is 5.69 Å². The molecule has 0 radical (unpaired) electrons. The average Bonchev–Trinajstić information content (AvgIpc) is 3.20.